The number of fused-ring (bicyclic) bond motifs is 1. The van der Waals surface area contributed by atoms with Gasteiger partial charge in [0.25, 0.3) is 5.91 Å². The number of hydrogen-bond acceptors (Lipinski definition) is 4. The highest BCUT2D eigenvalue weighted by Gasteiger charge is 2.30. The van der Waals surface area contributed by atoms with E-state index in [9.17, 15) is 4.79 Å². The molecule has 0 saturated heterocycles. The summed E-state index contributed by atoms with van der Waals surface area (Å²) < 4.78 is 5.72. The first-order valence-electron chi connectivity index (χ1n) is 5.82. The summed E-state index contributed by atoms with van der Waals surface area (Å²) in [5.41, 5.74) is 2.80. The van der Waals surface area contributed by atoms with Crippen LogP contribution in [0.3, 0.4) is 0 Å². The summed E-state index contributed by atoms with van der Waals surface area (Å²) in [4.78, 5) is 18.2. The van der Waals surface area contributed by atoms with E-state index in [0.29, 0.717) is 28.7 Å². The quantitative estimate of drug-likeness (QED) is 0.811. The number of carbonyl (C=O) groups excluding carboxylic acids is 1. The number of nitrogens with zero attached hydrogens (tertiary/aromatic N) is 2. The minimum Gasteiger partial charge on any atom is -0.485 e. The molecule has 1 aliphatic rings. The van der Waals surface area contributed by atoms with Crippen LogP contribution in [0.4, 0.5) is 5.69 Å². The predicted molar refractivity (Wildman–Crippen MR) is 75.3 cm³/mol. The van der Waals surface area contributed by atoms with Crippen LogP contribution in [-0.4, -0.2) is 23.5 Å². The lowest BCUT2D eigenvalue weighted by Crippen LogP contribution is -2.42. The number of rotatable bonds is 1. The molecule has 98 valence electrons. The molecule has 0 saturated carbocycles. The minimum absolute atomic E-state index is 0.102. The molecule has 0 aliphatic carbocycles. The average molecular weight is 295 g/mol. The van der Waals surface area contributed by atoms with Crippen LogP contribution in [0.5, 0.6) is 5.75 Å². The highest BCUT2D eigenvalue weighted by atomic mass is 35.5. The van der Waals surface area contributed by atoms with Crippen molar-refractivity contribution in [3.63, 3.8) is 0 Å². The summed E-state index contributed by atoms with van der Waals surface area (Å²) in [6, 6.07) is 5.39. The SMILES string of the molecule is CC1CN(C(=O)c2cscn2)c2cccc(Cl)c2O1. The van der Waals surface area contributed by atoms with Gasteiger partial charge in [-0.3, -0.25) is 9.69 Å². The van der Waals surface area contributed by atoms with Gasteiger partial charge in [-0.1, -0.05) is 17.7 Å². The highest BCUT2D eigenvalue weighted by molar-refractivity contribution is 7.07. The largest absolute Gasteiger partial charge is 0.485 e. The second kappa shape index (κ2) is 4.83. The van der Waals surface area contributed by atoms with E-state index in [1.165, 1.54) is 11.3 Å². The molecule has 0 N–H and O–H groups in total. The van der Waals surface area contributed by atoms with Gasteiger partial charge in [0.2, 0.25) is 0 Å². The first-order chi connectivity index (χ1) is 9.16. The van der Waals surface area contributed by atoms with E-state index in [0.717, 1.165) is 0 Å². The number of amides is 1. The van der Waals surface area contributed by atoms with Crippen LogP contribution >= 0.6 is 22.9 Å². The molecule has 1 atom stereocenters. The van der Waals surface area contributed by atoms with Crippen molar-refractivity contribution in [1.29, 1.82) is 0 Å². The monoisotopic (exact) mass is 294 g/mol. The molecule has 0 spiro atoms. The van der Waals surface area contributed by atoms with Crippen molar-refractivity contribution in [3.8, 4) is 5.75 Å². The summed E-state index contributed by atoms with van der Waals surface area (Å²) >= 11 is 7.53. The molecule has 1 aliphatic heterocycles. The van der Waals surface area contributed by atoms with E-state index >= 15 is 0 Å². The van der Waals surface area contributed by atoms with Gasteiger partial charge in [-0.05, 0) is 19.1 Å². The normalized spacial score (nSPS) is 17.8. The number of halogens is 1. The molecule has 2 aromatic rings. The Balaban J connectivity index is 2.04. The first-order valence-corrected chi connectivity index (χ1v) is 7.14. The molecule has 4 nitrogen and oxygen atoms in total. The fraction of sp³-hybridized carbons (Fsp3) is 0.231. The van der Waals surface area contributed by atoms with Gasteiger partial charge in [-0.25, -0.2) is 4.98 Å². The van der Waals surface area contributed by atoms with Crippen molar-refractivity contribution in [1.82, 2.24) is 4.98 Å². The Bertz CT molecular complexity index is 615. The Labute approximate surface area is 119 Å². The third kappa shape index (κ3) is 2.19. The maximum atomic E-state index is 12.5. The van der Waals surface area contributed by atoms with Crippen molar-refractivity contribution in [3.05, 3.63) is 39.8 Å². The number of thiazole rings is 1. The Kier molecular flexibility index (Phi) is 3.16. The maximum Gasteiger partial charge on any atom is 0.277 e. The third-order valence-corrected chi connectivity index (χ3v) is 3.78. The molecule has 1 amide bonds. The zero-order valence-corrected chi connectivity index (χ0v) is 11.7. The molecule has 1 aromatic carbocycles. The van der Waals surface area contributed by atoms with Crippen molar-refractivity contribution in [2.24, 2.45) is 0 Å². The highest BCUT2D eigenvalue weighted by Crippen LogP contribution is 2.39. The molecule has 3 rings (SSSR count). The van der Waals surface area contributed by atoms with Crippen LogP contribution in [0, 0.1) is 0 Å². The lowest BCUT2D eigenvalue weighted by atomic mass is 10.2. The maximum absolute atomic E-state index is 12.5. The van der Waals surface area contributed by atoms with Gasteiger partial charge in [-0.15, -0.1) is 11.3 Å². The lowest BCUT2D eigenvalue weighted by Gasteiger charge is -2.33. The van der Waals surface area contributed by atoms with Crippen LogP contribution in [0.1, 0.15) is 17.4 Å². The zero-order valence-electron chi connectivity index (χ0n) is 10.2. The Morgan fingerprint density at radius 2 is 2.42 bits per heavy atom. The van der Waals surface area contributed by atoms with Crippen LogP contribution in [0.15, 0.2) is 29.1 Å². The minimum atomic E-state index is -0.125. The molecule has 0 bridgehead atoms. The predicted octanol–water partition coefficient (Wildman–Crippen LogP) is 3.22. The van der Waals surface area contributed by atoms with Gasteiger partial charge in [0.1, 0.15) is 11.8 Å². The van der Waals surface area contributed by atoms with E-state index in [-0.39, 0.29) is 12.0 Å². The smallest absolute Gasteiger partial charge is 0.277 e. The van der Waals surface area contributed by atoms with Crippen molar-refractivity contribution < 1.29 is 9.53 Å². The van der Waals surface area contributed by atoms with Crippen molar-refractivity contribution in [2.45, 2.75) is 13.0 Å². The number of hydrogen-bond donors (Lipinski definition) is 0. The summed E-state index contributed by atoms with van der Waals surface area (Å²) in [5.74, 6) is 0.436. The molecule has 6 heteroatoms. The summed E-state index contributed by atoms with van der Waals surface area (Å²) in [5, 5.41) is 2.26. The number of carbonyl (C=O) groups is 1. The van der Waals surface area contributed by atoms with E-state index < -0.39 is 0 Å². The van der Waals surface area contributed by atoms with Gasteiger partial charge < -0.3 is 4.74 Å². The number of ether oxygens (including phenoxy) is 1. The number of para-hydroxylation sites is 1. The van der Waals surface area contributed by atoms with Gasteiger partial charge in [0.15, 0.2) is 5.75 Å². The standard InChI is InChI=1S/C13H11ClN2O2S/c1-8-5-16(13(17)10-6-19-7-15-10)11-4-2-3-9(14)12(11)18-8/h2-4,6-8H,5H2,1H3. The van der Waals surface area contributed by atoms with Crippen LogP contribution < -0.4 is 9.64 Å². The Morgan fingerprint density at radius 3 is 3.16 bits per heavy atom. The number of benzene rings is 1. The number of anilines is 1. The van der Waals surface area contributed by atoms with Gasteiger partial charge >= 0.3 is 0 Å². The van der Waals surface area contributed by atoms with Crippen LogP contribution in [0.25, 0.3) is 0 Å². The van der Waals surface area contributed by atoms with E-state index in [4.69, 9.17) is 16.3 Å². The molecule has 2 heterocycles. The molecule has 19 heavy (non-hydrogen) atoms. The third-order valence-electron chi connectivity index (χ3n) is 2.89. The fourth-order valence-corrected chi connectivity index (χ4v) is 2.81. The first kappa shape index (κ1) is 12.4. The molecule has 1 unspecified atom stereocenters. The van der Waals surface area contributed by atoms with Crippen molar-refractivity contribution in [2.75, 3.05) is 11.4 Å². The van der Waals surface area contributed by atoms with Crippen LogP contribution in [-0.2, 0) is 0 Å². The fourth-order valence-electron chi connectivity index (χ4n) is 2.07. The average Bonchev–Trinajstić information content (AvgIpc) is 2.92. The molecular weight excluding hydrogens is 284 g/mol. The molecule has 0 fully saturated rings. The van der Waals surface area contributed by atoms with E-state index in [2.05, 4.69) is 4.98 Å². The lowest BCUT2D eigenvalue weighted by molar-refractivity contribution is 0.0957. The van der Waals surface area contributed by atoms with E-state index in [1.54, 1.807) is 21.9 Å². The molecule has 0 radical (unpaired) electrons. The second-order valence-electron chi connectivity index (χ2n) is 4.31. The van der Waals surface area contributed by atoms with Crippen molar-refractivity contribution >= 4 is 34.5 Å². The Hall–Kier alpha value is -1.59. The molecular formula is C13H11ClN2O2S. The summed E-state index contributed by atoms with van der Waals surface area (Å²) in [6.07, 6.45) is -0.102. The Morgan fingerprint density at radius 1 is 1.58 bits per heavy atom. The van der Waals surface area contributed by atoms with Gasteiger partial charge in [-0.2, -0.15) is 0 Å². The summed E-state index contributed by atoms with van der Waals surface area (Å²) in [7, 11) is 0. The van der Waals surface area contributed by atoms with E-state index in [1.807, 2.05) is 19.1 Å². The molecule has 1 aromatic heterocycles. The number of aromatic nitrogens is 1. The summed E-state index contributed by atoms with van der Waals surface area (Å²) in [6.45, 7) is 2.40. The second-order valence-corrected chi connectivity index (χ2v) is 5.43. The van der Waals surface area contributed by atoms with Crippen LogP contribution in [0.2, 0.25) is 5.02 Å². The van der Waals surface area contributed by atoms with Gasteiger partial charge in [0.05, 0.1) is 22.8 Å². The zero-order chi connectivity index (χ0) is 13.4. The van der Waals surface area contributed by atoms with Gasteiger partial charge in [0, 0.05) is 5.38 Å². The topological polar surface area (TPSA) is 42.4 Å².